The lowest BCUT2D eigenvalue weighted by molar-refractivity contribution is -0.149. The van der Waals surface area contributed by atoms with Crippen LogP contribution in [0.1, 0.15) is 57.5 Å². The Kier molecular flexibility index (Phi) is 6.40. The van der Waals surface area contributed by atoms with Crippen LogP contribution in [0.4, 0.5) is 0 Å². The van der Waals surface area contributed by atoms with Gasteiger partial charge in [0.25, 0.3) is 0 Å². The van der Waals surface area contributed by atoms with Gasteiger partial charge in [0.1, 0.15) is 0 Å². The molecular formula is C16H29N3O2. The lowest BCUT2D eigenvalue weighted by Crippen LogP contribution is -2.40. The number of hydrogen-bond acceptors (Lipinski definition) is 3. The van der Waals surface area contributed by atoms with Crippen LogP contribution in [0.2, 0.25) is 0 Å². The second-order valence-corrected chi connectivity index (χ2v) is 5.60. The van der Waals surface area contributed by atoms with Crippen LogP contribution in [0.5, 0.6) is 0 Å². The van der Waals surface area contributed by atoms with Crippen molar-refractivity contribution in [3.63, 3.8) is 0 Å². The molecule has 5 nitrogen and oxygen atoms in total. The minimum Gasteiger partial charge on any atom is -0.481 e. The van der Waals surface area contributed by atoms with Crippen LogP contribution in [0.25, 0.3) is 0 Å². The molecule has 0 unspecified atom stereocenters. The van der Waals surface area contributed by atoms with E-state index in [-0.39, 0.29) is 0 Å². The number of carboxylic acid groups (broad SMARTS) is 1. The smallest absolute Gasteiger partial charge is 0.310 e. The van der Waals surface area contributed by atoms with Gasteiger partial charge in [0.15, 0.2) is 0 Å². The molecule has 1 aromatic rings. The van der Waals surface area contributed by atoms with Crippen molar-refractivity contribution in [3.8, 4) is 0 Å². The summed E-state index contributed by atoms with van der Waals surface area (Å²) in [7, 11) is 1.97. The van der Waals surface area contributed by atoms with Gasteiger partial charge in [-0.3, -0.25) is 9.48 Å². The number of carboxylic acids is 1. The van der Waals surface area contributed by atoms with Crippen LogP contribution < -0.4 is 5.32 Å². The Morgan fingerprint density at radius 1 is 1.24 bits per heavy atom. The monoisotopic (exact) mass is 295 g/mol. The first-order chi connectivity index (χ1) is 9.95. The van der Waals surface area contributed by atoms with Crippen LogP contribution in [0.15, 0.2) is 0 Å². The number of aryl methyl sites for hydroxylation is 2. The molecule has 0 saturated heterocycles. The van der Waals surface area contributed by atoms with Gasteiger partial charge in [-0.2, -0.15) is 5.10 Å². The number of carbonyl (C=O) groups is 1. The van der Waals surface area contributed by atoms with E-state index in [1.807, 2.05) is 25.6 Å². The molecule has 0 aromatic carbocycles. The van der Waals surface area contributed by atoms with Crippen molar-refractivity contribution in [3.05, 3.63) is 17.0 Å². The third kappa shape index (κ3) is 3.64. The van der Waals surface area contributed by atoms with Crippen molar-refractivity contribution in [1.82, 2.24) is 15.1 Å². The van der Waals surface area contributed by atoms with E-state index in [0.29, 0.717) is 25.9 Å². The van der Waals surface area contributed by atoms with E-state index in [1.165, 1.54) is 11.3 Å². The average molecular weight is 295 g/mol. The molecule has 0 aliphatic heterocycles. The van der Waals surface area contributed by atoms with Crippen molar-refractivity contribution in [2.75, 3.05) is 6.54 Å². The largest absolute Gasteiger partial charge is 0.481 e. The predicted molar refractivity (Wildman–Crippen MR) is 84.3 cm³/mol. The first-order valence-electron chi connectivity index (χ1n) is 7.93. The molecule has 0 aliphatic rings. The fraction of sp³-hybridized carbons (Fsp3) is 0.750. The lowest BCUT2D eigenvalue weighted by atomic mass is 9.82. The molecule has 1 rings (SSSR count). The van der Waals surface area contributed by atoms with Crippen molar-refractivity contribution in [1.29, 1.82) is 0 Å². The summed E-state index contributed by atoms with van der Waals surface area (Å²) in [6.07, 6.45) is 3.11. The molecule has 1 aromatic heterocycles. The minimum absolute atomic E-state index is 0.497. The van der Waals surface area contributed by atoms with Gasteiger partial charge in [0, 0.05) is 31.4 Å². The van der Waals surface area contributed by atoms with Crippen LogP contribution in [0, 0.1) is 5.41 Å². The Morgan fingerprint density at radius 3 is 2.29 bits per heavy atom. The van der Waals surface area contributed by atoms with E-state index in [4.69, 9.17) is 0 Å². The summed E-state index contributed by atoms with van der Waals surface area (Å²) >= 11 is 0. The van der Waals surface area contributed by atoms with Gasteiger partial charge in [0.2, 0.25) is 0 Å². The average Bonchev–Trinajstić information content (AvgIpc) is 2.78. The molecule has 2 N–H and O–H groups in total. The van der Waals surface area contributed by atoms with Crippen LogP contribution >= 0.6 is 0 Å². The highest BCUT2D eigenvalue weighted by molar-refractivity contribution is 5.74. The molecule has 0 atom stereocenters. The Bertz CT molecular complexity index is 476. The SMILES string of the molecule is CCc1nn(C)c(CC)c1CNCC(CC)(CC)C(=O)O. The van der Waals surface area contributed by atoms with E-state index >= 15 is 0 Å². The lowest BCUT2D eigenvalue weighted by Gasteiger charge is -2.27. The van der Waals surface area contributed by atoms with Gasteiger partial charge in [-0.1, -0.05) is 27.7 Å². The minimum atomic E-state index is -0.711. The van der Waals surface area contributed by atoms with Gasteiger partial charge in [0.05, 0.1) is 11.1 Å². The second-order valence-electron chi connectivity index (χ2n) is 5.60. The van der Waals surface area contributed by atoms with E-state index in [9.17, 15) is 9.90 Å². The Balaban J connectivity index is 2.82. The molecular weight excluding hydrogens is 266 g/mol. The first-order valence-corrected chi connectivity index (χ1v) is 7.93. The topological polar surface area (TPSA) is 67.2 Å². The Morgan fingerprint density at radius 2 is 1.86 bits per heavy atom. The molecule has 0 radical (unpaired) electrons. The molecule has 0 bridgehead atoms. The molecule has 21 heavy (non-hydrogen) atoms. The molecule has 1 heterocycles. The summed E-state index contributed by atoms with van der Waals surface area (Å²) in [5.74, 6) is -0.711. The highest BCUT2D eigenvalue weighted by Gasteiger charge is 2.34. The zero-order valence-corrected chi connectivity index (χ0v) is 14.0. The number of hydrogen-bond donors (Lipinski definition) is 2. The summed E-state index contributed by atoms with van der Waals surface area (Å²) in [6, 6.07) is 0. The fourth-order valence-corrected chi connectivity index (χ4v) is 2.90. The summed E-state index contributed by atoms with van der Waals surface area (Å²) in [5, 5.41) is 17.4. The van der Waals surface area contributed by atoms with Gasteiger partial charge < -0.3 is 10.4 Å². The van der Waals surface area contributed by atoms with Gasteiger partial charge >= 0.3 is 5.97 Å². The molecule has 0 spiro atoms. The zero-order valence-electron chi connectivity index (χ0n) is 14.0. The van der Waals surface area contributed by atoms with E-state index in [1.54, 1.807) is 0 Å². The molecule has 5 heteroatoms. The normalized spacial score (nSPS) is 11.9. The van der Waals surface area contributed by atoms with Crippen molar-refractivity contribution in [2.24, 2.45) is 12.5 Å². The van der Waals surface area contributed by atoms with Crippen molar-refractivity contribution < 1.29 is 9.90 Å². The summed E-state index contributed by atoms with van der Waals surface area (Å²) in [4.78, 5) is 11.5. The molecule has 0 saturated carbocycles. The van der Waals surface area contributed by atoms with Crippen LogP contribution in [-0.4, -0.2) is 27.4 Å². The quantitative estimate of drug-likeness (QED) is 0.734. The fourth-order valence-electron chi connectivity index (χ4n) is 2.90. The third-order valence-electron chi connectivity index (χ3n) is 4.60. The van der Waals surface area contributed by atoms with E-state index in [0.717, 1.165) is 18.5 Å². The van der Waals surface area contributed by atoms with Gasteiger partial charge in [-0.25, -0.2) is 0 Å². The maximum atomic E-state index is 11.5. The first kappa shape index (κ1) is 17.7. The van der Waals surface area contributed by atoms with Gasteiger partial charge in [-0.05, 0) is 25.7 Å². The summed E-state index contributed by atoms with van der Waals surface area (Å²) in [5.41, 5.74) is 2.90. The molecule has 0 aliphatic carbocycles. The predicted octanol–water partition coefficient (Wildman–Crippen LogP) is 2.53. The maximum absolute atomic E-state index is 11.5. The Hall–Kier alpha value is -1.36. The molecule has 120 valence electrons. The van der Waals surface area contributed by atoms with Crippen molar-refractivity contribution in [2.45, 2.75) is 59.9 Å². The third-order valence-corrected chi connectivity index (χ3v) is 4.60. The highest BCUT2D eigenvalue weighted by atomic mass is 16.4. The number of nitrogens with one attached hydrogen (secondary N) is 1. The summed E-state index contributed by atoms with van der Waals surface area (Å²) < 4.78 is 1.94. The van der Waals surface area contributed by atoms with E-state index < -0.39 is 11.4 Å². The Labute approximate surface area is 127 Å². The summed E-state index contributed by atoms with van der Waals surface area (Å²) in [6.45, 7) is 9.30. The standard InChI is InChI=1S/C16H29N3O2/c1-6-13-12(14(7-2)19(5)18-13)10-17-11-16(8-3,9-4)15(20)21/h17H,6-11H2,1-5H3,(H,20,21). The number of nitrogens with zero attached hydrogens (tertiary/aromatic N) is 2. The second kappa shape index (κ2) is 7.59. The molecule has 0 amide bonds. The van der Waals surface area contributed by atoms with Crippen molar-refractivity contribution >= 4 is 5.97 Å². The zero-order chi connectivity index (χ0) is 16.0. The molecule has 0 fully saturated rings. The number of rotatable bonds is 9. The van der Waals surface area contributed by atoms with Crippen LogP contribution in [0.3, 0.4) is 0 Å². The number of aromatic nitrogens is 2. The number of aliphatic carboxylic acids is 1. The highest BCUT2D eigenvalue weighted by Crippen LogP contribution is 2.26. The van der Waals surface area contributed by atoms with Crippen LogP contribution in [-0.2, 0) is 31.2 Å². The van der Waals surface area contributed by atoms with E-state index in [2.05, 4.69) is 24.3 Å². The maximum Gasteiger partial charge on any atom is 0.310 e. The van der Waals surface area contributed by atoms with Gasteiger partial charge in [-0.15, -0.1) is 0 Å².